The molecule has 1 N–H and O–H groups in total. The van der Waals surface area contributed by atoms with Gasteiger partial charge < -0.3 is 28.8 Å². The minimum absolute atomic E-state index is 0.186. The minimum atomic E-state index is -1.52. The molecule has 2 bridgehead atoms. The lowest BCUT2D eigenvalue weighted by Gasteiger charge is -2.41. The smallest absolute Gasteiger partial charge is 0.232 e. The average molecular weight is 418 g/mol. The van der Waals surface area contributed by atoms with E-state index in [1.54, 1.807) is 24.3 Å². The second-order valence-corrected chi connectivity index (χ2v) is 7.77. The van der Waals surface area contributed by atoms with Gasteiger partial charge in [0.25, 0.3) is 0 Å². The monoisotopic (exact) mass is 418 g/mol. The number of allylic oxidation sites excluding steroid dienone is 1. The fourth-order valence-electron chi connectivity index (χ4n) is 5.38. The Kier molecular flexibility index (Phi) is 5.89. The van der Waals surface area contributed by atoms with Crippen LogP contribution in [0.1, 0.15) is 24.8 Å². The Morgan fingerprint density at radius 1 is 1.07 bits per heavy atom. The van der Waals surface area contributed by atoms with Crippen LogP contribution in [0.5, 0.6) is 17.2 Å². The summed E-state index contributed by atoms with van der Waals surface area (Å²) in [6.45, 7) is 5.87. The number of methoxy groups -OCH3 is 5. The van der Waals surface area contributed by atoms with Gasteiger partial charge in [0.05, 0.1) is 28.4 Å². The molecular formula is C23H30O7. The lowest BCUT2D eigenvalue weighted by Crippen LogP contribution is -2.57. The van der Waals surface area contributed by atoms with Crippen LogP contribution in [0.2, 0.25) is 0 Å². The first-order valence-corrected chi connectivity index (χ1v) is 9.78. The summed E-state index contributed by atoms with van der Waals surface area (Å²) < 4.78 is 27.7. The predicted octanol–water partition coefficient (Wildman–Crippen LogP) is 2.87. The quantitative estimate of drug-likeness (QED) is 0.650. The van der Waals surface area contributed by atoms with Crippen LogP contribution in [0.15, 0.2) is 36.6 Å². The molecule has 164 valence electrons. The largest absolute Gasteiger partial charge is 0.493 e. The van der Waals surface area contributed by atoms with E-state index in [4.69, 9.17) is 23.7 Å². The number of ketones is 1. The number of hydrogen-bond acceptors (Lipinski definition) is 7. The number of fused-ring (bicyclic) bond motifs is 2. The van der Waals surface area contributed by atoms with Gasteiger partial charge in [0.15, 0.2) is 22.9 Å². The topological polar surface area (TPSA) is 83.5 Å². The van der Waals surface area contributed by atoms with Gasteiger partial charge in [-0.3, -0.25) is 4.79 Å². The van der Waals surface area contributed by atoms with E-state index >= 15 is 0 Å². The summed E-state index contributed by atoms with van der Waals surface area (Å²) in [6, 6.07) is 3.61. The molecule has 5 atom stereocenters. The third kappa shape index (κ3) is 2.68. The molecule has 0 unspecified atom stereocenters. The highest BCUT2D eigenvalue weighted by atomic mass is 16.5. The number of ether oxygens (including phenoxy) is 5. The SMILES string of the molecule is C=CC[C@@]12C=C(OC)C(=O)[C@](OC)([C@@H](c3cc(OC)c(OC)c(OC)c3)[C@@H]1C)[C@H]2O. The van der Waals surface area contributed by atoms with Crippen molar-refractivity contribution in [2.45, 2.75) is 31.0 Å². The average Bonchev–Trinajstić information content (AvgIpc) is 2.89. The van der Waals surface area contributed by atoms with Crippen LogP contribution >= 0.6 is 0 Å². The Bertz CT molecular complexity index is 851. The molecule has 1 fully saturated rings. The number of aliphatic hydroxyl groups is 1. The molecule has 2 aliphatic carbocycles. The van der Waals surface area contributed by atoms with Crippen LogP contribution in [-0.2, 0) is 14.3 Å². The molecule has 0 radical (unpaired) electrons. The van der Waals surface area contributed by atoms with Gasteiger partial charge >= 0.3 is 0 Å². The maximum atomic E-state index is 13.5. The second kappa shape index (κ2) is 7.96. The Hall–Kier alpha value is -2.51. The zero-order valence-electron chi connectivity index (χ0n) is 18.4. The highest BCUT2D eigenvalue weighted by molar-refractivity contribution is 6.04. The van der Waals surface area contributed by atoms with E-state index in [1.165, 1.54) is 35.5 Å². The Labute approximate surface area is 177 Å². The van der Waals surface area contributed by atoms with Crippen molar-refractivity contribution in [3.8, 4) is 17.2 Å². The van der Waals surface area contributed by atoms with Gasteiger partial charge in [-0.1, -0.05) is 13.0 Å². The maximum absolute atomic E-state index is 13.5. The molecule has 0 spiro atoms. The number of Topliss-reactive ketones (excluding diaryl/α,β-unsaturated/α-hetero) is 1. The summed E-state index contributed by atoms with van der Waals surface area (Å²) in [5.41, 5.74) is -1.56. The van der Waals surface area contributed by atoms with Crippen molar-refractivity contribution in [3.63, 3.8) is 0 Å². The zero-order chi connectivity index (χ0) is 22.3. The van der Waals surface area contributed by atoms with Crippen LogP contribution < -0.4 is 14.2 Å². The van der Waals surface area contributed by atoms with Gasteiger partial charge in [-0.05, 0) is 36.1 Å². The maximum Gasteiger partial charge on any atom is 0.232 e. The van der Waals surface area contributed by atoms with Crippen molar-refractivity contribution in [1.82, 2.24) is 0 Å². The lowest BCUT2D eigenvalue weighted by molar-refractivity contribution is -0.162. The summed E-state index contributed by atoms with van der Waals surface area (Å²) in [5.74, 6) is 0.492. The van der Waals surface area contributed by atoms with E-state index in [1.807, 2.05) is 6.92 Å². The standard InChI is InChI=1S/C23H30O7/c1-8-9-22-12-17(28-5)20(24)23(30-7,21(22)25)18(13(22)2)14-10-15(26-3)19(29-6)16(11-14)27-4/h8,10-13,18,21,25H,1,9H2,2-7H3/t13-,18+,21-,22+,23+/m0/s1. The van der Waals surface area contributed by atoms with E-state index in [-0.39, 0.29) is 17.5 Å². The number of hydrogen-bond donors (Lipinski definition) is 1. The molecule has 0 aliphatic heterocycles. The Morgan fingerprint density at radius 2 is 1.67 bits per heavy atom. The first-order chi connectivity index (χ1) is 14.3. The minimum Gasteiger partial charge on any atom is -0.493 e. The molecule has 1 aromatic rings. The van der Waals surface area contributed by atoms with Crippen molar-refractivity contribution in [1.29, 1.82) is 0 Å². The second-order valence-electron chi connectivity index (χ2n) is 7.77. The van der Waals surface area contributed by atoms with Gasteiger partial charge in [0, 0.05) is 18.4 Å². The fourth-order valence-corrected chi connectivity index (χ4v) is 5.38. The highest BCUT2D eigenvalue weighted by Gasteiger charge is 2.72. The summed E-state index contributed by atoms with van der Waals surface area (Å²) in [4.78, 5) is 13.5. The van der Waals surface area contributed by atoms with E-state index in [0.717, 1.165) is 5.56 Å². The van der Waals surface area contributed by atoms with Gasteiger partial charge in [-0.2, -0.15) is 0 Å². The van der Waals surface area contributed by atoms with Crippen molar-refractivity contribution in [2.75, 3.05) is 35.5 Å². The van der Waals surface area contributed by atoms with Crippen LogP contribution in [0, 0.1) is 11.3 Å². The molecule has 0 aromatic heterocycles. The first-order valence-electron chi connectivity index (χ1n) is 9.78. The molecule has 3 rings (SSSR count). The zero-order valence-corrected chi connectivity index (χ0v) is 18.4. The van der Waals surface area contributed by atoms with Crippen LogP contribution in [-0.4, -0.2) is 58.1 Å². The number of carbonyl (C=O) groups excluding carboxylic acids is 1. The third-order valence-electron chi connectivity index (χ3n) is 6.81. The summed E-state index contributed by atoms with van der Waals surface area (Å²) in [6.07, 6.45) is 2.86. The van der Waals surface area contributed by atoms with Gasteiger partial charge in [-0.15, -0.1) is 6.58 Å². The molecule has 2 aliphatic rings. The van der Waals surface area contributed by atoms with Gasteiger partial charge in [-0.25, -0.2) is 0 Å². The lowest BCUT2D eigenvalue weighted by atomic mass is 9.70. The van der Waals surface area contributed by atoms with E-state index in [9.17, 15) is 9.90 Å². The number of aliphatic hydroxyl groups excluding tert-OH is 1. The van der Waals surface area contributed by atoms with Crippen molar-refractivity contribution < 1.29 is 33.6 Å². The molecule has 7 heteroatoms. The predicted molar refractivity (Wildman–Crippen MR) is 111 cm³/mol. The van der Waals surface area contributed by atoms with Gasteiger partial charge in [0.2, 0.25) is 11.5 Å². The summed E-state index contributed by atoms with van der Waals surface area (Å²) >= 11 is 0. The van der Waals surface area contributed by atoms with Crippen molar-refractivity contribution in [2.24, 2.45) is 11.3 Å². The summed E-state index contributed by atoms with van der Waals surface area (Å²) in [7, 11) is 7.50. The van der Waals surface area contributed by atoms with Crippen molar-refractivity contribution >= 4 is 5.78 Å². The molecule has 1 saturated carbocycles. The highest BCUT2D eigenvalue weighted by Crippen LogP contribution is 2.64. The van der Waals surface area contributed by atoms with Crippen molar-refractivity contribution in [3.05, 3.63) is 42.2 Å². The molecule has 0 saturated heterocycles. The molecule has 1 aromatic carbocycles. The summed E-state index contributed by atoms with van der Waals surface area (Å²) in [5, 5.41) is 11.5. The van der Waals surface area contributed by atoms with Crippen LogP contribution in [0.25, 0.3) is 0 Å². The Balaban J connectivity index is 2.31. The molecule has 0 heterocycles. The third-order valence-corrected chi connectivity index (χ3v) is 6.81. The molecule has 7 nitrogen and oxygen atoms in total. The molecule has 0 amide bonds. The fraction of sp³-hybridized carbons (Fsp3) is 0.522. The Morgan fingerprint density at radius 3 is 2.10 bits per heavy atom. The molecule has 30 heavy (non-hydrogen) atoms. The van der Waals surface area contributed by atoms with Crippen LogP contribution in [0.3, 0.4) is 0 Å². The number of rotatable bonds is 8. The number of benzene rings is 1. The number of carbonyl (C=O) groups is 1. The van der Waals surface area contributed by atoms with Crippen LogP contribution in [0.4, 0.5) is 0 Å². The molecular weight excluding hydrogens is 388 g/mol. The van der Waals surface area contributed by atoms with E-state index in [0.29, 0.717) is 23.7 Å². The van der Waals surface area contributed by atoms with E-state index in [2.05, 4.69) is 6.58 Å². The van der Waals surface area contributed by atoms with Gasteiger partial charge in [0.1, 0.15) is 6.10 Å². The first kappa shape index (κ1) is 22.2. The normalized spacial score (nSPS) is 32.4. The van der Waals surface area contributed by atoms with E-state index < -0.39 is 23.0 Å².